The molecule has 0 unspecified atom stereocenters. The number of rotatable bonds is 23. The van der Waals surface area contributed by atoms with E-state index in [9.17, 15) is 51.9 Å². The third kappa shape index (κ3) is 29.5. The van der Waals surface area contributed by atoms with Gasteiger partial charge in [0.1, 0.15) is 11.6 Å². The van der Waals surface area contributed by atoms with Gasteiger partial charge in [0.25, 0.3) is 41.4 Å². The van der Waals surface area contributed by atoms with Crippen molar-refractivity contribution in [3.63, 3.8) is 0 Å². The summed E-state index contributed by atoms with van der Waals surface area (Å²) in [6, 6.07) is 98.8. The number of H-pyrrole nitrogens is 7. The van der Waals surface area contributed by atoms with Crippen LogP contribution in [0.5, 0.6) is 0 Å². The SMILES string of the molecule is CC(=O)c1cccc(NC(=O)c2ccc(-c3nn[nH]n3)cc2)c1.Cc1ccc(NC(=O)c2ccc(-c3nn[nH]n3)cc2)cc1.O=C(Nc1cccc(F)c1)c1ccc(-c2nn[nH]n2)cc1.O=C(Nc1ccccc1)c1ccc(-c2nn[nH]n2)cc1.O=C(Nc1ccccc1)c1ccc(-c2nn[nH]n2)cc1.O=C(Nc1ccccc1F)c1ccc(-c2nn[nH]n2)cc1.O=C(O)c1cccc(NC(=O)c2ccc(-c3nn[nH]n3)cc2)c1. The Hall–Kier alpha value is -22.1. The van der Waals surface area contributed by atoms with Crippen molar-refractivity contribution in [1.82, 2.24) is 144 Å². The number of Topliss-reactive ketones (excluding diaryl/α,β-unsaturated/α-hetero) is 1. The molecule has 0 aliphatic carbocycles. The van der Waals surface area contributed by atoms with Gasteiger partial charge in [-0.05, 0) is 232 Å². The van der Waals surface area contributed by atoms with Crippen molar-refractivity contribution in [3.8, 4) is 79.7 Å². The number of aromatic carboxylic acids is 1. The molecular formula is C102H79F2N35O10. The predicted octanol–water partition coefficient (Wildman–Crippen LogP) is 15.3. The van der Waals surface area contributed by atoms with E-state index in [0.29, 0.717) is 102 Å². The molecule has 0 aliphatic rings. The van der Waals surface area contributed by atoms with Crippen molar-refractivity contribution in [1.29, 1.82) is 0 Å². The maximum atomic E-state index is 13.5. The van der Waals surface area contributed by atoms with Gasteiger partial charge in [0.15, 0.2) is 5.78 Å². The lowest BCUT2D eigenvalue weighted by atomic mass is 10.1. The van der Waals surface area contributed by atoms with Crippen molar-refractivity contribution < 1.29 is 57.0 Å². The van der Waals surface area contributed by atoms with E-state index < -0.39 is 17.6 Å². The molecule has 14 aromatic carbocycles. The van der Waals surface area contributed by atoms with E-state index in [1.54, 1.807) is 224 Å². The van der Waals surface area contributed by atoms with Gasteiger partial charge in [-0.3, -0.25) is 38.4 Å². The molecule has 7 aromatic heterocycles. The van der Waals surface area contributed by atoms with E-state index in [4.69, 9.17) is 5.11 Å². The monoisotopic (exact) mass is 1990 g/mol. The van der Waals surface area contributed by atoms with Gasteiger partial charge < -0.3 is 42.3 Å². The van der Waals surface area contributed by atoms with Gasteiger partial charge in [-0.25, -0.2) is 13.6 Å². The molecule has 7 amide bonds. The van der Waals surface area contributed by atoms with Crippen LogP contribution in [0.1, 0.15) is 106 Å². The smallest absolute Gasteiger partial charge is 0.335 e. The number of ketones is 1. The number of carboxylic acids is 1. The normalized spacial score (nSPS) is 10.3. The Morgan fingerprint density at radius 2 is 0.456 bits per heavy atom. The molecule has 0 radical (unpaired) electrons. The highest BCUT2D eigenvalue weighted by Crippen LogP contribution is 2.26. The fraction of sp³-hybridized carbons (Fsp3) is 0.0196. The summed E-state index contributed by atoms with van der Waals surface area (Å²) >= 11 is 0. The number of hydrogen-bond acceptors (Lipinski definition) is 30. The molecule has 0 saturated carbocycles. The first-order valence-electron chi connectivity index (χ1n) is 44.3. The number of aromatic nitrogens is 28. The van der Waals surface area contributed by atoms with E-state index in [1.807, 2.05) is 91.9 Å². The predicted molar refractivity (Wildman–Crippen MR) is 540 cm³/mol. The Kier molecular flexibility index (Phi) is 34.4. The molecule has 0 bridgehead atoms. The van der Waals surface area contributed by atoms with Gasteiger partial charge in [-0.1, -0.05) is 175 Å². The Bertz CT molecular complexity index is 7700. The number of nitrogens with one attached hydrogen (secondary N) is 14. The van der Waals surface area contributed by atoms with Crippen LogP contribution in [0.4, 0.5) is 48.6 Å². The first-order chi connectivity index (χ1) is 72.6. The number of hydrogen-bond donors (Lipinski definition) is 15. The van der Waals surface area contributed by atoms with Crippen LogP contribution in [-0.4, -0.2) is 203 Å². The third-order valence-corrected chi connectivity index (χ3v) is 20.7. The highest BCUT2D eigenvalue weighted by Gasteiger charge is 2.19. The zero-order valence-corrected chi connectivity index (χ0v) is 77.8. The molecule has 0 fully saturated rings. The number of aryl methyl sites for hydroxylation is 1. The van der Waals surface area contributed by atoms with Crippen molar-refractivity contribution in [2.24, 2.45) is 0 Å². The highest BCUT2D eigenvalue weighted by molar-refractivity contribution is 6.09. The summed E-state index contributed by atoms with van der Waals surface area (Å²) in [5, 5.41) is 123. The summed E-state index contributed by atoms with van der Waals surface area (Å²) in [6.45, 7) is 3.49. The quantitative estimate of drug-likeness (QED) is 0.0264. The van der Waals surface area contributed by atoms with Gasteiger partial charge in [0, 0.05) is 118 Å². The second-order valence-corrected chi connectivity index (χ2v) is 31.0. The minimum Gasteiger partial charge on any atom is -0.478 e. The van der Waals surface area contributed by atoms with Gasteiger partial charge >= 0.3 is 5.97 Å². The Morgan fingerprint density at radius 1 is 0.228 bits per heavy atom. The number of halogens is 2. The summed E-state index contributed by atoms with van der Waals surface area (Å²) in [5.41, 5.74) is 14.5. The van der Waals surface area contributed by atoms with Crippen molar-refractivity contribution in [3.05, 3.63) is 419 Å². The van der Waals surface area contributed by atoms with Gasteiger partial charge in [0.2, 0.25) is 40.8 Å². The standard InChI is InChI=1S/C16H13N5O2.C15H11N5O3.C15H13N5O.2C14H10FN5O.2C14H11N5O/c1-10(22)13-3-2-4-14(9-13)17-16(23)12-7-5-11(6-8-12)15-18-20-21-19-15;21-14(16-12-3-1-2-11(8-12)15(22)23)10-6-4-9(5-7-10)13-17-19-20-18-13;1-10-2-8-13(9-3-10)16-15(21)12-6-4-11(5-7-12)14-17-19-20-18-14;15-11-2-1-3-12(8-11)16-14(21)10-6-4-9(5-7-10)13-17-19-20-18-13;15-11-3-1-2-4-12(11)16-14(21)10-7-5-9(6-8-10)13-17-19-20-18-13;2*20-14(15-12-4-2-1-3-5-12)11-8-6-10(7-9-11)13-16-18-19-17-13/h2-9H,1H3,(H,17,23)(H,18,19,20,21);1-8H,(H,16,21)(H,22,23)(H,17,18,19,20);2-9H,1H3,(H,16,21)(H,17,18,19,20);2*1-8H,(H,16,21)(H,17,18,19,20);2*1-9H,(H,15,20)(H,16,17,18,19). The molecule has 21 aromatic rings. The molecule has 0 aliphatic heterocycles. The van der Waals surface area contributed by atoms with Crippen molar-refractivity contribution in [2.45, 2.75) is 13.8 Å². The number of nitrogens with zero attached hydrogens (tertiary/aromatic N) is 21. The molecule has 0 spiro atoms. The number of carbonyl (C=O) groups is 9. The number of anilines is 7. The highest BCUT2D eigenvalue weighted by atomic mass is 19.1. The van der Waals surface area contributed by atoms with Crippen LogP contribution in [0.2, 0.25) is 0 Å². The average molecular weight is 1990 g/mol. The lowest BCUT2D eigenvalue weighted by Crippen LogP contribution is -2.12. The van der Waals surface area contributed by atoms with E-state index in [2.05, 4.69) is 182 Å². The third-order valence-electron chi connectivity index (χ3n) is 20.7. The fourth-order valence-electron chi connectivity index (χ4n) is 13.2. The Morgan fingerprint density at radius 3 is 0.711 bits per heavy atom. The molecule has 21 rings (SSSR count). The van der Waals surface area contributed by atoms with E-state index in [1.165, 1.54) is 49.4 Å². The number of tetrazole rings is 7. The van der Waals surface area contributed by atoms with Gasteiger partial charge in [-0.2, -0.15) is 36.5 Å². The molecule has 45 nitrogen and oxygen atoms in total. The van der Waals surface area contributed by atoms with E-state index in [-0.39, 0.29) is 58.4 Å². The van der Waals surface area contributed by atoms with Crippen molar-refractivity contribution in [2.75, 3.05) is 37.2 Å². The van der Waals surface area contributed by atoms with Crippen LogP contribution in [-0.2, 0) is 0 Å². The van der Waals surface area contributed by atoms with Gasteiger partial charge in [-0.15, -0.1) is 71.4 Å². The summed E-state index contributed by atoms with van der Waals surface area (Å²) in [7, 11) is 0. The topological polar surface area (TPSA) is 639 Å². The first-order valence-corrected chi connectivity index (χ1v) is 44.3. The zero-order chi connectivity index (χ0) is 104. The summed E-state index contributed by atoms with van der Waals surface area (Å²) in [6.07, 6.45) is 0. The van der Waals surface area contributed by atoms with E-state index >= 15 is 0 Å². The molecule has 736 valence electrons. The van der Waals surface area contributed by atoms with Crippen LogP contribution in [0, 0.1) is 18.6 Å². The van der Waals surface area contributed by atoms with Crippen LogP contribution >= 0.6 is 0 Å². The molecular weight excluding hydrogens is 1910 g/mol. The number of amides is 7. The summed E-state index contributed by atoms with van der Waals surface area (Å²) < 4.78 is 26.5. The first kappa shape index (κ1) is 101. The second kappa shape index (κ2) is 50.6. The van der Waals surface area contributed by atoms with Gasteiger partial charge in [0.05, 0.1) is 11.3 Å². The summed E-state index contributed by atoms with van der Waals surface area (Å²) in [4.78, 5) is 107. The van der Waals surface area contributed by atoms with Crippen LogP contribution < -0.4 is 37.2 Å². The maximum absolute atomic E-state index is 13.5. The molecule has 0 atom stereocenters. The molecule has 47 heteroatoms. The van der Waals surface area contributed by atoms with Crippen molar-refractivity contribution >= 4 is 92.9 Å². The summed E-state index contributed by atoms with van der Waals surface area (Å²) in [5.74, 6) is -0.464. The number of benzene rings is 14. The van der Waals surface area contributed by atoms with Crippen LogP contribution in [0.3, 0.4) is 0 Å². The Labute approximate surface area is 839 Å². The van der Waals surface area contributed by atoms with E-state index in [0.717, 1.165) is 61.6 Å². The molecule has 15 N–H and O–H groups in total. The second-order valence-electron chi connectivity index (χ2n) is 31.0. The van der Waals surface area contributed by atoms with Crippen LogP contribution in [0.15, 0.2) is 352 Å². The minimum atomic E-state index is -1.05. The lowest BCUT2D eigenvalue weighted by Gasteiger charge is -2.06. The minimum absolute atomic E-state index is 0.0504. The fourth-order valence-corrected chi connectivity index (χ4v) is 13.2. The number of carboxylic acid groups (broad SMARTS) is 1. The van der Waals surface area contributed by atoms with Crippen LogP contribution in [0.25, 0.3) is 79.7 Å². The lowest BCUT2D eigenvalue weighted by molar-refractivity contribution is 0.0695. The molecule has 0 saturated heterocycles. The largest absolute Gasteiger partial charge is 0.478 e. The maximum Gasteiger partial charge on any atom is 0.335 e. The Balaban J connectivity index is 0.000000130. The zero-order valence-electron chi connectivity index (χ0n) is 77.8. The number of carbonyl (C=O) groups excluding carboxylic acids is 8. The molecule has 7 heterocycles. The number of aromatic amines is 7. The molecule has 149 heavy (non-hydrogen) atoms. The number of para-hydroxylation sites is 3. The average Bonchev–Trinajstić information content (AvgIpc) is 1.78.